The van der Waals surface area contributed by atoms with Gasteiger partial charge in [0.15, 0.2) is 12.1 Å². The van der Waals surface area contributed by atoms with E-state index in [0.29, 0.717) is 0 Å². The highest BCUT2D eigenvalue weighted by Crippen LogP contribution is 2.50. The van der Waals surface area contributed by atoms with Crippen LogP contribution in [0.4, 0.5) is 22.9 Å². The molecule has 0 radical (unpaired) electrons. The van der Waals surface area contributed by atoms with Gasteiger partial charge in [-0.15, -0.1) is 0 Å². The maximum absolute atomic E-state index is 4.37. The smallest absolute Gasteiger partial charge is 0.193 e. The van der Waals surface area contributed by atoms with Crippen molar-refractivity contribution in [2.45, 2.75) is 6.29 Å². The number of halogens is 1. The lowest BCUT2D eigenvalue weighted by Crippen LogP contribution is -2.37. The number of nitrogens with one attached hydrogen (secondary N) is 1. The molecule has 5 heteroatoms. The van der Waals surface area contributed by atoms with Gasteiger partial charge in [-0.3, -0.25) is 8.01 Å². The zero-order valence-electron chi connectivity index (χ0n) is 8.84. The number of anilines is 4. The van der Waals surface area contributed by atoms with Gasteiger partial charge in [-0.25, -0.2) is 4.98 Å². The van der Waals surface area contributed by atoms with Gasteiger partial charge in [-0.1, -0.05) is 12.1 Å². The molecule has 2 aromatic rings. The van der Waals surface area contributed by atoms with Crippen LogP contribution in [-0.4, -0.2) is 11.3 Å². The minimum absolute atomic E-state index is 0.137. The molecule has 17 heavy (non-hydrogen) atoms. The van der Waals surface area contributed by atoms with Crippen LogP contribution in [0.15, 0.2) is 42.6 Å². The molecule has 0 aliphatic carbocycles. The normalized spacial score (nSPS) is 19.7. The number of para-hydroxylation sites is 2. The summed E-state index contributed by atoms with van der Waals surface area (Å²) >= 11 is 2.34. The van der Waals surface area contributed by atoms with Crippen LogP contribution >= 0.6 is 22.9 Å². The summed E-state index contributed by atoms with van der Waals surface area (Å²) in [5, 5.41) is 3.43. The molecule has 0 fully saturated rings. The first-order valence-electron chi connectivity index (χ1n) is 5.41. The molecule has 0 saturated heterocycles. The molecule has 3 heterocycles. The van der Waals surface area contributed by atoms with Crippen molar-refractivity contribution < 1.29 is 0 Å². The molecule has 0 amide bonds. The topological polar surface area (TPSA) is 31.4 Å². The molecule has 0 saturated carbocycles. The summed E-state index contributed by atoms with van der Waals surface area (Å²) in [5.41, 5.74) is 3.61. The second-order valence-electron chi connectivity index (χ2n) is 4.06. The lowest BCUT2D eigenvalue weighted by atomic mass is 10.2. The number of benzene rings is 1. The standard InChI is InChI=1S/C12H9IN4/c13-17-9-5-2-1-4-8(9)16-10-6-3-7-14-11(10)15-12(16)17/h1-7,12H,(H,14,15)/t12-/m0/s1. The Bertz CT molecular complexity index is 601. The SMILES string of the molecule is IN1c2ccccc2N2c3cccnc3N[C@H]12. The second kappa shape index (κ2) is 3.25. The van der Waals surface area contributed by atoms with Gasteiger partial charge in [0, 0.05) is 6.20 Å². The average Bonchev–Trinajstić information content (AvgIpc) is 2.88. The van der Waals surface area contributed by atoms with E-state index in [2.05, 4.69) is 71.5 Å². The fourth-order valence-corrected chi connectivity index (χ4v) is 3.22. The number of rotatable bonds is 0. The van der Waals surface area contributed by atoms with Gasteiger partial charge in [0.1, 0.15) is 0 Å². The maximum atomic E-state index is 4.37. The predicted octanol–water partition coefficient (Wildman–Crippen LogP) is 3.10. The van der Waals surface area contributed by atoms with Crippen LogP contribution in [0.5, 0.6) is 0 Å². The Morgan fingerprint density at radius 2 is 1.82 bits per heavy atom. The third-order valence-electron chi connectivity index (χ3n) is 3.14. The molecule has 1 aromatic carbocycles. The van der Waals surface area contributed by atoms with Crippen molar-refractivity contribution in [3.8, 4) is 0 Å². The Balaban J connectivity index is 1.95. The first kappa shape index (κ1) is 9.52. The van der Waals surface area contributed by atoms with E-state index in [0.717, 1.165) is 11.5 Å². The van der Waals surface area contributed by atoms with Crippen molar-refractivity contribution in [2.75, 3.05) is 13.3 Å². The molecule has 0 spiro atoms. The Morgan fingerprint density at radius 3 is 2.71 bits per heavy atom. The minimum atomic E-state index is 0.137. The molecule has 2 aliphatic heterocycles. The van der Waals surface area contributed by atoms with Crippen molar-refractivity contribution in [3.05, 3.63) is 42.6 Å². The molecule has 4 rings (SSSR count). The van der Waals surface area contributed by atoms with Crippen LogP contribution in [0.3, 0.4) is 0 Å². The summed E-state index contributed by atoms with van der Waals surface area (Å²) in [4.78, 5) is 6.65. The third kappa shape index (κ3) is 1.14. The van der Waals surface area contributed by atoms with E-state index in [1.54, 1.807) is 0 Å². The van der Waals surface area contributed by atoms with Crippen LogP contribution < -0.4 is 13.3 Å². The molecule has 0 unspecified atom stereocenters. The highest BCUT2D eigenvalue weighted by Gasteiger charge is 2.41. The van der Waals surface area contributed by atoms with Crippen LogP contribution in [0.1, 0.15) is 0 Å². The number of aromatic nitrogens is 1. The lowest BCUT2D eigenvalue weighted by molar-refractivity contribution is 0.863. The highest BCUT2D eigenvalue weighted by atomic mass is 127. The van der Waals surface area contributed by atoms with E-state index in [-0.39, 0.29) is 6.29 Å². The number of nitrogens with zero attached hydrogens (tertiary/aromatic N) is 3. The largest absolute Gasteiger partial charge is 0.330 e. The molecule has 2 aliphatic rings. The van der Waals surface area contributed by atoms with E-state index in [4.69, 9.17) is 0 Å². The lowest BCUT2D eigenvalue weighted by Gasteiger charge is -2.21. The second-order valence-corrected chi connectivity index (χ2v) is 5.10. The third-order valence-corrected chi connectivity index (χ3v) is 4.19. The van der Waals surface area contributed by atoms with Gasteiger partial charge in [-0.05, 0) is 24.3 Å². The average molecular weight is 336 g/mol. The van der Waals surface area contributed by atoms with E-state index in [1.807, 2.05) is 12.3 Å². The summed E-state index contributed by atoms with van der Waals surface area (Å²) < 4.78 is 2.20. The Hall–Kier alpha value is -1.50. The summed E-state index contributed by atoms with van der Waals surface area (Å²) in [5.74, 6) is 0.952. The number of hydrogen-bond acceptors (Lipinski definition) is 4. The maximum Gasteiger partial charge on any atom is 0.193 e. The van der Waals surface area contributed by atoms with Gasteiger partial charge in [-0.2, -0.15) is 0 Å². The summed E-state index contributed by atoms with van der Waals surface area (Å²) in [6.45, 7) is 0. The predicted molar refractivity (Wildman–Crippen MR) is 76.7 cm³/mol. The van der Waals surface area contributed by atoms with Gasteiger partial charge < -0.3 is 5.32 Å². The molecule has 1 aromatic heterocycles. The zero-order chi connectivity index (χ0) is 11.4. The minimum Gasteiger partial charge on any atom is -0.330 e. The van der Waals surface area contributed by atoms with Gasteiger partial charge in [0.05, 0.1) is 39.9 Å². The molecule has 4 nitrogen and oxygen atoms in total. The van der Waals surface area contributed by atoms with Gasteiger partial charge in [0.25, 0.3) is 0 Å². The Morgan fingerprint density at radius 1 is 1.06 bits per heavy atom. The van der Waals surface area contributed by atoms with Crippen LogP contribution in [0, 0.1) is 0 Å². The molecule has 1 atom stereocenters. The van der Waals surface area contributed by atoms with Gasteiger partial charge in [0.2, 0.25) is 0 Å². The molecular formula is C12H9IN4. The quantitative estimate of drug-likeness (QED) is 0.592. The molecule has 84 valence electrons. The first-order chi connectivity index (χ1) is 8.36. The first-order valence-corrected chi connectivity index (χ1v) is 6.37. The van der Waals surface area contributed by atoms with Crippen LogP contribution in [-0.2, 0) is 0 Å². The van der Waals surface area contributed by atoms with Crippen molar-refractivity contribution in [1.82, 2.24) is 4.98 Å². The van der Waals surface area contributed by atoms with Crippen molar-refractivity contribution in [2.24, 2.45) is 0 Å². The summed E-state index contributed by atoms with van der Waals surface area (Å²) in [7, 11) is 0. The Labute approximate surface area is 113 Å². The zero-order valence-corrected chi connectivity index (χ0v) is 11.0. The molecular weight excluding hydrogens is 327 g/mol. The van der Waals surface area contributed by atoms with Crippen LogP contribution in [0.25, 0.3) is 0 Å². The highest BCUT2D eigenvalue weighted by molar-refractivity contribution is 14.1. The number of hydrogen-bond donors (Lipinski definition) is 1. The van der Waals surface area contributed by atoms with E-state index >= 15 is 0 Å². The van der Waals surface area contributed by atoms with Gasteiger partial charge >= 0.3 is 0 Å². The van der Waals surface area contributed by atoms with E-state index in [9.17, 15) is 0 Å². The van der Waals surface area contributed by atoms with Crippen LogP contribution in [0.2, 0.25) is 0 Å². The van der Waals surface area contributed by atoms with Crippen molar-refractivity contribution in [1.29, 1.82) is 0 Å². The number of pyridine rings is 1. The summed E-state index contributed by atoms with van der Waals surface area (Å²) in [6, 6.07) is 12.5. The Kier molecular flexibility index (Phi) is 1.82. The molecule has 1 N–H and O–H groups in total. The summed E-state index contributed by atoms with van der Waals surface area (Å²) in [6.07, 6.45) is 1.95. The van der Waals surface area contributed by atoms with Crippen molar-refractivity contribution in [3.63, 3.8) is 0 Å². The fourth-order valence-electron chi connectivity index (χ4n) is 2.42. The number of fused-ring (bicyclic) bond motifs is 5. The van der Waals surface area contributed by atoms with E-state index in [1.165, 1.54) is 11.4 Å². The molecule has 0 bridgehead atoms. The van der Waals surface area contributed by atoms with E-state index < -0.39 is 0 Å². The monoisotopic (exact) mass is 336 g/mol. The fraction of sp³-hybridized carbons (Fsp3) is 0.0833. The van der Waals surface area contributed by atoms with Crippen molar-refractivity contribution >= 4 is 45.7 Å².